The van der Waals surface area contributed by atoms with E-state index in [1.807, 2.05) is 30.6 Å². The summed E-state index contributed by atoms with van der Waals surface area (Å²) in [6.45, 7) is 1.56. The van der Waals surface area contributed by atoms with Crippen LogP contribution in [0.1, 0.15) is 10.6 Å². The second-order valence-corrected chi connectivity index (χ2v) is 5.93. The van der Waals surface area contributed by atoms with Crippen LogP contribution < -0.4 is 10.1 Å². The third kappa shape index (κ3) is 3.69. The normalized spacial score (nSPS) is 10.6. The van der Waals surface area contributed by atoms with Crippen molar-refractivity contribution >= 4 is 11.3 Å². The van der Waals surface area contributed by atoms with Gasteiger partial charge in [-0.1, -0.05) is 6.07 Å². The molecular formula is C17H17N3OS. The fourth-order valence-electron chi connectivity index (χ4n) is 2.10. The van der Waals surface area contributed by atoms with Crippen LogP contribution in [0.5, 0.6) is 5.75 Å². The summed E-state index contributed by atoms with van der Waals surface area (Å²) in [5, 5.41) is 4.47. The molecule has 3 aromatic rings. The molecule has 0 aliphatic carbocycles. The highest BCUT2D eigenvalue weighted by Crippen LogP contribution is 2.27. The molecule has 1 aromatic carbocycles. The Kier molecular flexibility index (Phi) is 4.78. The number of nitrogens with zero attached hydrogens (tertiary/aromatic N) is 2. The molecule has 0 saturated heterocycles. The SMILES string of the molecule is COc1ccc(-c2cnc(CNCc3cccnc3)s2)cc1. The first-order valence-corrected chi connectivity index (χ1v) is 7.85. The predicted octanol–water partition coefficient (Wildman–Crippen LogP) is 3.50. The van der Waals surface area contributed by atoms with Gasteiger partial charge in [0, 0.05) is 31.7 Å². The maximum absolute atomic E-state index is 5.18. The average Bonchev–Trinajstić information content (AvgIpc) is 3.05. The van der Waals surface area contributed by atoms with Crippen molar-refractivity contribution in [3.8, 4) is 16.2 Å². The maximum Gasteiger partial charge on any atom is 0.118 e. The average molecular weight is 311 g/mol. The number of hydrogen-bond acceptors (Lipinski definition) is 5. The Morgan fingerprint density at radius 1 is 1.09 bits per heavy atom. The Hall–Kier alpha value is -2.24. The molecule has 0 aliphatic rings. The van der Waals surface area contributed by atoms with E-state index in [9.17, 15) is 0 Å². The summed E-state index contributed by atoms with van der Waals surface area (Å²) in [7, 11) is 1.67. The van der Waals surface area contributed by atoms with E-state index in [2.05, 4.69) is 33.5 Å². The molecule has 0 aliphatic heterocycles. The molecule has 3 rings (SSSR count). The van der Waals surface area contributed by atoms with Crippen LogP contribution in [0, 0.1) is 0 Å². The van der Waals surface area contributed by atoms with Crippen LogP contribution in [0.25, 0.3) is 10.4 Å². The van der Waals surface area contributed by atoms with Crippen LogP contribution in [0.4, 0.5) is 0 Å². The van der Waals surface area contributed by atoms with E-state index in [-0.39, 0.29) is 0 Å². The number of thiazole rings is 1. The van der Waals surface area contributed by atoms with Crippen molar-refractivity contribution in [3.63, 3.8) is 0 Å². The van der Waals surface area contributed by atoms with Gasteiger partial charge in [0.15, 0.2) is 0 Å². The topological polar surface area (TPSA) is 47.0 Å². The number of benzene rings is 1. The lowest BCUT2D eigenvalue weighted by atomic mass is 10.2. The lowest BCUT2D eigenvalue weighted by Gasteiger charge is -2.02. The van der Waals surface area contributed by atoms with E-state index < -0.39 is 0 Å². The molecule has 0 radical (unpaired) electrons. The van der Waals surface area contributed by atoms with Crippen molar-refractivity contribution in [1.82, 2.24) is 15.3 Å². The van der Waals surface area contributed by atoms with Gasteiger partial charge in [-0.25, -0.2) is 4.98 Å². The lowest BCUT2D eigenvalue weighted by Crippen LogP contribution is -2.12. The van der Waals surface area contributed by atoms with Gasteiger partial charge >= 0.3 is 0 Å². The van der Waals surface area contributed by atoms with E-state index in [0.717, 1.165) is 29.4 Å². The van der Waals surface area contributed by atoms with Crippen molar-refractivity contribution in [2.24, 2.45) is 0 Å². The molecule has 0 amide bonds. The second-order valence-electron chi connectivity index (χ2n) is 4.81. The van der Waals surface area contributed by atoms with E-state index in [1.54, 1.807) is 24.6 Å². The van der Waals surface area contributed by atoms with Gasteiger partial charge in [0.05, 0.1) is 12.0 Å². The van der Waals surface area contributed by atoms with E-state index >= 15 is 0 Å². The molecule has 0 saturated carbocycles. The summed E-state index contributed by atoms with van der Waals surface area (Å²) in [6, 6.07) is 12.1. The number of ether oxygens (including phenoxy) is 1. The smallest absolute Gasteiger partial charge is 0.118 e. The van der Waals surface area contributed by atoms with Gasteiger partial charge in [-0.05, 0) is 41.5 Å². The highest BCUT2D eigenvalue weighted by molar-refractivity contribution is 7.15. The van der Waals surface area contributed by atoms with Crippen molar-refractivity contribution in [2.75, 3.05) is 7.11 Å². The third-order valence-corrected chi connectivity index (χ3v) is 4.30. The van der Waals surface area contributed by atoms with Gasteiger partial charge in [-0.2, -0.15) is 0 Å². The van der Waals surface area contributed by atoms with E-state index in [4.69, 9.17) is 4.74 Å². The van der Waals surface area contributed by atoms with Crippen LogP contribution in [0.3, 0.4) is 0 Å². The van der Waals surface area contributed by atoms with Crippen molar-refractivity contribution in [3.05, 3.63) is 65.6 Å². The first kappa shape index (κ1) is 14.7. The monoisotopic (exact) mass is 311 g/mol. The summed E-state index contributed by atoms with van der Waals surface area (Å²) in [6.07, 6.45) is 5.58. The molecule has 5 heteroatoms. The Labute approximate surface area is 133 Å². The molecule has 0 atom stereocenters. The first-order valence-electron chi connectivity index (χ1n) is 7.04. The number of rotatable bonds is 6. The largest absolute Gasteiger partial charge is 0.497 e. The predicted molar refractivity (Wildman–Crippen MR) is 88.9 cm³/mol. The second kappa shape index (κ2) is 7.15. The summed E-state index contributed by atoms with van der Waals surface area (Å²) in [5.41, 5.74) is 2.34. The van der Waals surface area contributed by atoms with E-state index in [0.29, 0.717) is 0 Å². The third-order valence-electron chi connectivity index (χ3n) is 3.26. The molecule has 0 unspecified atom stereocenters. The Balaban J connectivity index is 1.58. The maximum atomic E-state index is 5.18. The van der Waals surface area contributed by atoms with Crippen LogP contribution >= 0.6 is 11.3 Å². The Morgan fingerprint density at radius 3 is 2.68 bits per heavy atom. The van der Waals surface area contributed by atoms with Gasteiger partial charge in [0.1, 0.15) is 10.8 Å². The molecular weight excluding hydrogens is 294 g/mol. The molecule has 4 nitrogen and oxygen atoms in total. The van der Waals surface area contributed by atoms with Crippen LogP contribution in [-0.2, 0) is 13.1 Å². The molecule has 0 spiro atoms. The minimum atomic E-state index is 0.760. The zero-order chi connectivity index (χ0) is 15.2. The van der Waals surface area contributed by atoms with Crippen LogP contribution in [0.15, 0.2) is 55.0 Å². The fourth-order valence-corrected chi connectivity index (χ4v) is 2.99. The van der Waals surface area contributed by atoms with Gasteiger partial charge in [-0.3, -0.25) is 4.98 Å². The van der Waals surface area contributed by atoms with Gasteiger partial charge < -0.3 is 10.1 Å². The van der Waals surface area contributed by atoms with Gasteiger partial charge in [0.25, 0.3) is 0 Å². The Morgan fingerprint density at radius 2 is 1.95 bits per heavy atom. The summed E-state index contributed by atoms with van der Waals surface area (Å²) in [4.78, 5) is 9.75. The summed E-state index contributed by atoms with van der Waals surface area (Å²) in [5.74, 6) is 0.867. The summed E-state index contributed by atoms with van der Waals surface area (Å²) >= 11 is 1.70. The molecule has 22 heavy (non-hydrogen) atoms. The minimum absolute atomic E-state index is 0.760. The minimum Gasteiger partial charge on any atom is -0.497 e. The highest BCUT2D eigenvalue weighted by atomic mass is 32.1. The van der Waals surface area contributed by atoms with Crippen LogP contribution in [0.2, 0.25) is 0 Å². The first-order chi connectivity index (χ1) is 10.8. The molecule has 2 heterocycles. The zero-order valence-electron chi connectivity index (χ0n) is 12.3. The molecule has 0 bridgehead atoms. The standard InChI is InChI=1S/C17H17N3OS/c1-21-15-6-4-14(5-7-15)16-11-20-17(22-16)12-19-10-13-3-2-8-18-9-13/h2-9,11,19H,10,12H2,1H3. The zero-order valence-corrected chi connectivity index (χ0v) is 13.1. The van der Waals surface area contributed by atoms with Crippen LogP contribution in [-0.4, -0.2) is 17.1 Å². The van der Waals surface area contributed by atoms with E-state index in [1.165, 1.54) is 10.4 Å². The quantitative estimate of drug-likeness (QED) is 0.757. The van der Waals surface area contributed by atoms with Crippen molar-refractivity contribution in [1.29, 1.82) is 0 Å². The van der Waals surface area contributed by atoms with Crippen molar-refractivity contribution in [2.45, 2.75) is 13.1 Å². The summed E-state index contributed by atoms with van der Waals surface area (Å²) < 4.78 is 5.18. The molecule has 0 fully saturated rings. The molecule has 1 N–H and O–H groups in total. The van der Waals surface area contributed by atoms with Gasteiger partial charge in [0.2, 0.25) is 0 Å². The number of hydrogen-bond donors (Lipinski definition) is 1. The number of pyridine rings is 1. The number of aromatic nitrogens is 2. The fraction of sp³-hybridized carbons (Fsp3) is 0.176. The molecule has 2 aromatic heterocycles. The highest BCUT2D eigenvalue weighted by Gasteiger charge is 2.04. The van der Waals surface area contributed by atoms with Gasteiger partial charge in [-0.15, -0.1) is 11.3 Å². The number of methoxy groups -OCH3 is 1. The molecule has 112 valence electrons. The van der Waals surface area contributed by atoms with Crippen molar-refractivity contribution < 1.29 is 4.74 Å². The lowest BCUT2D eigenvalue weighted by molar-refractivity contribution is 0.415. The number of nitrogens with one attached hydrogen (secondary N) is 1. The Bertz CT molecular complexity index is 710.